The predicted molar refractivity (Wildman–Crippen MR) is 155 cm³/mol. The fourth-order valence-corrected chi connectivity index (χ4v) is 4.07. The summed E-state index contributed by atoms with van der Waals surface area (Å²) in [4.78, 5) is 29.5. The van der Waals surface area contributed by atoms with Gasteiger partial charge in [-0.3, -0.25) is 4.79 Å². The Balaban J connectivity index is 0.00000127. The first-order chi connectivity index (χ1) is 18.4. The van der Waals surface area contributed by atoms with Gasteiger partial charge in [0, 0.05) is 38.4 Å². The molecule has 3 aromatic rings. The van der Waals surface area contributed by atoms with Crippen LogP contribution in [0, 0.1) is 0 Å². The van der Waals surface area contributed by atoms with Crippen LogP contribution in [0.3, 0.4) is 0 Å². The summed E-state index contributed by atoms with van der Waals surface area (Å²) in [5.74, 6) is -0.145. The van der Waals surface area contributed by atoms with Crippen LogP contribution in [0.2, 0.25) is 0 Å². The largest absolute Gasteiger partial charge is 0.447 e. The predicted octanol–water partition coefficient (Wildman–Crippen LogP) is 6.44. The summed E-state index contributed by atoms with van der Waals surface area (Å²) < 4.78 is 5.35. The Morgan fingerprint density at radius 1 is 0.842 bits per heavy atom. The standard InChI is InChI=1S/C28H32N4O3.C3H8/c1-21(2)35-28(34)32-18-16-31(17-19-32)25-15-9-14-24(26(25)30-23-12-7-4-8-13-23)27(33)29-20-22-10-5-3-6-11-22;1-3-2/h3-15,21,30H,16-20H2,1-2H3,(H,29,33);3H2,1-2H3. The minimum absolute atomic E-state index is 0.145. The van der Waals surface area contributed by atoms with Crippen LogP contribution in [0.25, 0.3) is 0 Å². The lowest BCUT2D eigenvalue weighted by molar-refractivity contribution is 0.0751. The fraction of sp³-hybridized carbons (Fsp3) is 0.355. The van der Waals surface area contributed by atoms with Crippen LogP contribution in [0.15, 0.2) is 78.9 Å². The zero-order valence-corrected chi connectivity index (χ0v) is 22.9. The van der Waals surface area contributed by atoms with Gasteiger partial charge in [-0.05, 0) is 43.7 Å². The summed E-state index contributed by atoms with van der Waals surface area (Å²) in [7, 11) is 0. The Kier molecular flexibility index (Phi) is 11.0. The van der Waals surface area contributed by atoms with E-state index in [0.29, 0.717) is 38.3 Å². The number of rotatable bonds is 7. The van der Waals surface area contributed by atoms with Crippen LogP contribution in [-0.2, 0) is 11.3 Å². The zero-order valence-electron chi connectivity index (χ0n) is 22.9. The van der Waals surface area contributed by atoms with Crippen molar-refractivity contribution in [1.29, 1.82) is 0 Å². The highest BCUT2D eigenvalue weighted by atomic mass is 16.6. The number of benzene rings is 3. The quantitative estimate of drug-likeness (QED) is 0.378. The van der Waals surface area contributed by atoms with E-state index in [1.54, 1.807) is 4.90 Å². The van der Waals surface area contributed by atoms with Gasteiger partial charge in [0.1, 0.15) is 0 Å². The van der Waals surface area contributed by atoms with Gasteiger partial charge in [-0.15, -0.1) is 0 Å². The highest BCUT2D eigenvalue weighted by molar-refractivity contribution is 6.03. The van der Waals surface area contributed by atoms with E-state index < -0.39 is 0 Å². The van der Waals surface area contributed by atoms with Crippen LogP contribution in [-0.4, -0.2) is 49.2 Å². The lowest BCUT2D eigenvalue weighted by Crippen LogP contribution is -2.49. The minimum atomic E-state index is -0.281. The first-order valence-electron chi connectivity index (χ1n) is 13.4. The van der Waals surface area contributed by atoms with Gasteiger partial charge in [0.15, 0.2) is 0 Å². The smallest absolute Gasteiger partial charge is 0.410 e. The molecule has 0 spiro atoms. The maximum absolute atomic E-state index is 13.3. The van der Waals surface area contributed by atoms with Gasteiger partial charge in [-0.25, -0.2) is 4.79 Å². The average Bonchev–Trinajstić information content (AvgIpc) is 2.93. The van der Waals surface area contributed by atoms with Gasteiger partial charge in [0.25, 0.3) is 5.91 Å². The molecule has 0 aromatic heterocycles. The SMILES string of the molecule is CC(C)OC(=O)N1CCN(c2cccc(C(=O)NCc3ccccc3)c2Nc2ccccc2)CC1.CCC. The average molecular weight is 517 g/mol. The highest BCUT2D eigenvalue weighted by Crippen LogP contribution is 2.33. The number of amides is 2. The summed E-state index contributed by atoms with van der Waals surface area (Å²) in [6.45, 7) is 10.8. The molecule has 38 heavy (non-hydrogen) atoms. The van der Waals surface area contributed by atoms with E-state index in [1.807, 2.05) is 92.7 Å². The monoisotopic (exact) mass is 516 g/mol. The van der Waals surface area contributed by atoms with Crippen LogP contribution in [0.5, 0.6) is 0 Å². The van der Waals surface area contributed by atoms with E-state index in [0.717, 1.165) is 22.6 Å². The molecule has 4 rings (SSSR count). The van der Waals surface area contributed by atoms with Crippen molar-refractivity contribution < 1.29 is 14.3 Å². The van der Waals surface area contributed by atoms with Crippen molar-refractivity contribution in [2.75, 3.05) is 36.4 Å². The second-order valence-electron chi connectivity index (χ2n) is 9.47. The van der Waals surface area contributed by atoms with Crippen LogP contribution >= 0.6 is 0 Å². The van der Waals surface area contributed by atoms with E-state index >= 15 is 0 Å². The van der Waals surface area contributed by atoms with E-state index in [-0.39, 0.29) is 18.1 Å². The normalized spacial score (nSPS) is 12.9. The molecular weight excluding hydrogens is 476 g/mol. The summed E-state index contributed by atoms with van der Waals surface area (Å²) in [6.07, 6.45) is 0.824. The molecule has 0 aliphatic carbocycles. The van der Waals surface area contributed by atoms with Crippen molar-refractivity contribution in [1.82, 2.24) is 10.2 Å². The van der Waals surface area contributed by atoms with Crippen molar-refractivity contribution in [3.8, 4) is 0 Å². The molecule has 7 nitrogen and oxygen atoms in total. The van der Waals surface area contributed by atoms with Gasteiger partial charge in [0.2, 0.25) is 0 Å². The van der Waals surface area contributed by atoms with Crippen molar-refractivity contribution in [2.24, 2.45) is 0 Å². The maximum Gasteiger partial charge on any atom is 0.410 e. The molecule has 0 atom stereocenters. The Hall–Kier alpha value is -4.00. The van der Waals surface area contributed by atoms with Gasteiger partial charge in [-0.1, -0.05) is 74.9 Å². The Bertz CT molecular complexity index is 1140. The maximum atomic E-state index is 13.3. The molecule has 3 aromatic carbocycles. The van der Waals surface area contributed by atoms with E-state index in [9.17, 15) is 9.59 Å². The summed E-state index contributed by atoms with van der Waals surface area (Å²) in [5.41, 5.74) is 4.19. The number of hydrogen-bond acceptors (Lipinski definition) is 5. The Morgan fingerprint density at radius 2 is 1.45 bits per heavy atom. The number of piperazine rings is 1. The third-order valence-corrected chi connectivity index (χ3v) is 5.84. The van der Waals surface area contributed by atoms with Crippen LogP contribution in [0.1, 0.15) is 50.0 Å². The lowest BCUT2D eigenvalue weighted by atomic mass is 10.1. The highest BCUT2D eigenvalue weighted by Gasteiger charge is 2.26. The first kappa shape index (κ1) is 28.6. The van der Waals surface area contributed by atoms with E-state index in [4.69, 9.17) is 4.74 Å². The minimum Gasteiger partial charge on any atom is -0.447 e. The fourth-order valence-electron chi connectivity index (χ4n) is 4.07. The third kappa shape index (κ3) is 8.26. The summed E-state index contributed by atoms with van der Waals surface area (Å²) in [5, 5.41) is 6.51. The number of nitrogens with one attached hydrogen (secondary N) is 2. The second-order valence-corrected chi connectivity index (χ2v) is 9.47. The summed E-state index contributed by atoms with van der Waals surface area (Å²) >= 11 is 0. The molecule has 7 heteroatoms. The number of carbonyl (C=O) groups excluding carboxylic acids is 2. The van der Waals surface area contributed by atoms with Crippen molar-refractivity contribution in [3.05, 3.63) is 90.0 Å². The van der Waals surface area contributed by atoms with Gasteiger partial charge < -0.3 is 25.2 Å². The molecule has 202 valence electrons. The lowest BCUT2D eigenvalue weighted by Gasteiger charge is -2.37. The number of ether oxygens (including phenoxy) is 1. The van der Waals surface area contributed by atoms with Gasteiger partial charge in [-0.2, -0.15) is 0 Å². The molecule has 1 saturated heterocycles. The number of hydrogen-bond donors (Lipinski definition) is 2. The second kappa shape index (κ2) is 14.7. The van der Waals surface area contributed by atoms with Gasteiger partial charge in [0.05, 0.1) is 23.0 Å². The van der Waals surface area contributed by atoms with Gasteiger partial charge >= 0.3 is 6.09 Å². The molecule has 0 radical (unpaired) electrons. The van der Waals surface area contributed by atoms with Crippen molar-refractivity contribution in [2.45, 2.75) is 46.8 Å². The van der Waals surface area contributed by atoms with Crippen LogP contribution in [0.4, 0.5) is 21.9 Å². The zero-order chi connectivity index (χ0) is 27.3. The van der Waals surface area contributed by atoms with Crippen molar-refractivity contribution in [3.63, 3.8) is 0 Å². The molecule has 0 saturated carbocycles. The molecule has 2 N–H and O–H groups in total. The number of anilines is 3. The van der Waals surface area contributed by atoms with E-state index in [2.05, 4.69) is 29.4 Å². The molecule has 2 amide bonds. The molecule has 0 unspecified atom stereocenters. The Morgan fingerprint density at radius 3 is 2.05 bits per heavy atom. The topological polar surface area (TPSA) is 73.9 Å². The third-order valence-electron chi connectivity index (χ3n) is 5.84. The van der Waals surface area contributed by atoms with Crippen LogP contribution < -0.4 is 15.5 Å². The first-order valence-corrected chi connectivity index (χ1v) is 13.4. The van der Waals surface area contributed by atoms with E-state index in [1.165, 1.54) is 6.42 Å². The number of carbonyl (C=O) groups is 2. The number of para-hydroxylation sites is 2. The molecule has 1 heterocycles. The molecule has 1 aliphatic heterocycles. The molecule has 0 bridgehead atoms. The van der Waals surface area contributed by atoms with Crippen molar-refractivity contribution >= 4 is 29.1 Å². The molecule has 1 aliphatic rings. The summed E-state index contributed by atoms with van der Waals surface area (Å²) in [6, 6.07) is 25.4. The molecular formula is C31H40N4O3. The molecule has 1 fully saturated rings. The number of nitrogens with zero attached hydrogens (tertiary/aromatic N) is 2. The Labute approximate surface area is 226 Å².